The van der Waals surface area contributed by atoms with Gasteiger partial charge in [-0.2, -0.15) is 0 Å². The number of rotatable bonds is 2. The van der Waals surface area contributed by atoms with E-state index < -0.39 is 12.5 Å². The second-order valence-corrected chi connectivity index (χ2v) is 7.90. The molecule has 0 saturated carbocycles. The Bertz CT molecular complexity index is 1330. The molecule has 0 bridgehead atoms. The van der Waals surface area contributed by atoms with Crippen LogP contribution in [-0.2, 0) is 5.41 Å². The molecule has 4 aromatic carbocycles. The molecule has 4 aromatic rings. The molecule has 0 aliphatic heterocycles. The minimum Gasteiger partial charge on any atom is -0.497 e. The third-order valence-electron chi connectivity index (χ3n) is 6.63. The molecule has 6 rings (SSSR count). The van der Waals surface area contributed by atoms with Gasteiger partial charge in [0.25, 0.3) is 0 Å². The summed E-state index contributed by atoms with van der Waals surface area (Å²) < 4.78 is 5.60. The minimum absolute atomic E-state index is 0.517. The maximum atomic E-state index is 10.2. The van der Waals surface area contributed by atoms with Gasteiger partial charge >= 0.3 is 7.12 Å². The van der Waals surface area contributed by atoms with E-state index in [1.54, 1.807) is 13.2 Å². The van der Waals surface area contributed by atoms with Gasteiger partial charge in [-0.15, -0.1) is 0 Å². The molecular weight excluding hydrogens is 371 g/mol. The van der Waals surface area contributed by atoms with Crippen molar-refractivity contribution in [3.63, 3.8) is 0 Å². The highest BCUT2D eigenvalue weighted by Gasteiger charge is 2.52. The third-order valence-corrected chi connectivity index (χ3v) is 6.63. The van der Waals surface area contributed by atoms with Gasteiger partial charge in [-0.05, 0) is 62.1 Å². The Morgan fingerprint density at radius 3 is 2.03 bits per heavy atom. The Labute approximate surface area is 175 Å². The van der Waals surface area contributed by atoms with Gasteiger partial charge in [0.1, 0.15) is 5.75 Å². The number of hydrogen-bond acceptors (Lipinski definition) is 3. The fourth-order valence-electron chi connectivity index (χ4n) is 5.54. The van der Waals surface area contributed by atoms with E-state index in [9.17, 15) is 10.0 Å². The first-order chi connectivity index (χ1) is 14.7. The largest absolute Gasteiger partial charge is 0.497 e. The van der Waals surface area contributed by atoms with Crippen molar-refractivity contribution < 1.29 is 14.8 Å². The first-order valence-electron chi connectivity index (χ1n) is 10.1. The molecule has 2 aliphatic carbocycles. The van der Waals surface area contributed by atoms with E-state index in [0.29, 0.717) is 5.46 Å². The van der Waals surface area contributed by atoms with Crippen molar-refractivity contribution in [3.05, 3.63) is 107 Å². The quantitative estimate of drug-likeness (QED) is 0.443. The van der Waals surface area contributed by atoms with Crippen LogP contribution in [-0.4, -0.2) is 24.3 Å². The Morgan fingerprint density at radius 1 is 0.667 bits per heavy atom. The van der Waals surface area contributed by atoms with Crippen LogP contribution in [0.4, 0.5) is 0 Å². The minimum atomic E-state index is -1.54. The number of fused-ring (bicyclic) bond motifs is 10. The maximum Gasteiger partial charge on any atom is 0.489 e. The van der Waals surface area contributed by atoms with Crippen molar-refractivity contribution in [3.8, 4) is 28.0 Å². The summed E-state index contributed by atoms with van der Waals surface area (Å²) in [6.45, 7) is 0. The van der Waals surface area contributed by atoms with Crippen LogP contribution in [0.1, 0.15) is 22.3 Å². The molecule has 0 aromatic heterocycles. The van der Waals surface area contributed by atoms with Crippen molar-refractivity contribution in [1.82, 2.24) is 0 Å². The summed E-state index contributed by atoms with van der Waals surface area (Å²) in [7, 11) is 0.150. The van der Waals surface area contributed by atoms with Gasteiger partial charge in [0.15, 0.2) is 0 Å². The lowest BCUT2D eigenvalue weighted by Gasteiger charge is -2.30. The molecule has 30 heavy (non-hydrogen) atoms. The molecule has 0 radical (unpaired) electrons. The first kappa shape index (κ1) is 17.5. The normalized spacial score (nSPS) is 17.3. The number of ether oxygens (including phenoxy) is 1. The van der Waals surface area contributed by atoms with Crippen LogP contribution in [0, 0.1) is 0 Å². The summed E-state index contributed by atoms with van der Waals surface area (Å²) in [5, 5.41) is 20.3. The molecule has 1 unspecified atom stereocenters. The van der Waals surface area contributed by atoms with E-state index in [-0.39, 0.29) is 0 Å². The highest BCUT2D eigenvalue weighted by atomic mass is 16.5. The second-order valence-electron chi connectivity index (χ2n) is 7.90. The lowest BCUT2D eigenvalue weighted by Crippen LogP contribution is -2.33. The third kappa shape index (κ3) is 1.97. The smallest absolute Gasteiger partial charge is 0.489 e. The second kappa shape index (κ2) is 6.08. The summed E-state index contributed by atoms with van der Waals surface area (Å²) >= 11 is 0. The van der Waals surface area contributed by atoms with E-state index >= 15 is 0 Å². The zero-order chi connectivity index (χ0) is 20.5. The van der Waals surface area contributed by atoms with Gasteiger partial charge in [0, 0.05) is 0 Å². The van der Waals surface area contributed by atoms with Crippen molar-refractivity contribution in [2.45, 2.75) is 5.41 Å². The zero-order valence-corrected chi connectivity index (χ0v) is 16.5. The van der Waals surface area contributed by atoms with Gasteiger partial charge in [0.05, 0.1) is 12.5 Å². The van der Waals surface area contributed by atoms with Crippen molar-refractivity contribution >= 4 is 12.6 Å². The predicted molar refractivity (Wildman–Crippen MR) is 119 cm³/mol. The van der Waals surface area contributed by atoms with Crippen LogP contribution < -0.4 is 10.2 Å². The van der Waals surface area contributed by atoms with E-state index in [1.807, 2.05) is 18.2 Å². The number of methoxy groups -OCH3 is 1. The van der Waals surface area contributed by atoms with E-state index in [2.05, 4.69) is 60.7 Å². The van der Waals surface area contributed by atoms with Gasteiger partial charge < -0.3 is 14.8 Å². The zero-order valence-electron chi connectivity index (χ0n) is 16.5. The Balaban J connectivity index is 1.84. The van der Waals surface area contributed by atoms with Crippen LogP contribution in [0.2, 0.25) is 0 Å². The van der Waals surface area contributed by atoms with Gasteiger partial charge in [-0.3, -0.25) is 0 Å². The highest BCUT2D eigenvalue weighted by Crippen LogP contribution is 2.62. The van der Waals surface area contributed by atoms with E-state index in [0.717, 1.165) is 28.0 Å². The molecule has 0 heterocycles. The van der Waals surface area contributed by atoms with Crippen LogP contribution in [0.15, 0.2) is 84.9 Å². The van der Waals surface area contributed by atoms with Crippen LogP contribution in [0.5, 0.6) is 5.75 Å². The van der Waals surface area contributed by atoms with Crippen LogP contribution in [0.25, 0.3) is 22.3 Å². The number of hydrogen-bond donors (Lipinski definition) is 2. The maximum absolute atomic E-state index is 10.2. The predicted octanol–water partition coefficient (Wildman–Crippen LogP) is 3.72. The number of benzene rings is 4. The van der Waals surface area contributed by atoms with Crippen molar-refractivity contribution in [2.75, 3.05) is 7.11 Å². The topological polar surface area (TPSA) is 49.7 Å². The first-order valence-corrected chi connectivity index (χ1v) is 10.1. The Hall–Kier alpha value is -3.34. The average Bonchev–Trinajstić information content (AvgIpc) is 3.26. The standard InChI is InChI=1S/C26H19BO3/c1-30-16-13-14-18-17-7-2-4-9-20(17)26(23(18)15-16)21-10-5-3-8-19(21)25-22(26)11-6-12-24(25)27(28)29/h2-15,28-29H,1H3. The van der Waals surface area contributed by atoms with E-state index in [1.165, 1.54) is 22.3 Å². The molecule has 3 nitrogen and oxygen atoms in total. The van der Waals surface area contributed by atoms with Crippen LogP contribution >= 0.6 is 0 Å². The fourth-order valence-corrected chi connectivity index (χ4v) is 5.54. The monoisotopic (exact) mass is 390 g/mol. The molecule has 0 fully saturated rings. The summed E-state index contributed by atoms with van der Waals surface area (Å²) in [4.78, 5) is 0. The molecule has 0 saturated heterocycles. The molecular formula is C26H19BO3. The summed E-state index contributed by atoms with van der Waals surface area (Å²) in [5.41, 5.74) is 8.97. The Kier molecular flexibility index (Phi) is 3.55. The van der Waals surface area contributed by atoms with Crippen LogP contribution in [0.3, 0.4) is 0 Å². The average molecular weight is 390 g/mol. The van der Waals surface area contributed by atoms with Crippen molar-refractivity contribution in [2.24, 2.45) is 0 Å². The lowest BCUT2D eigenvalue weighted by atomic mass is 9.69. The summed E-state index contributed by atoms with van der Waals surface area (Å²) in [6.07, 6.45) is 0. The summed E-state index contributed by atoms with van der Waals surface area (Å²) in [5.74, 6) is 0.810. The molecule has 144 valence electrons. The lowest BCUT2D eigenvalue weighted by molar-refractivity contribution is 0.414. The Morgan fingerprint density at radius 2 is 1.30 bits per heavy atom. The molecule has 2 N–H and O–H groups in total. The van der Waals surface area contributed by atoms with E-state index in [4.69, 9.17) is 4.74 Å². The molecule has 4 heteroatoms. The van der Waals surface area contributed by atoms with Gasteiger partial charge in [0.2, 0.25) is 0 Å². The highest BCUT2D eigenvalue weighted by molar-refractivity contribution is 6.60. The fraction of sp³-hybridized carbons (Fsp3) is 0.0769. The summed E-state index contributed by atoms with van der Waals surface area (Å²) in [6, 6.07) is 28.9. The SMILES string of the molecule is COc1ccc2c(c1)C1(c3ccccc3-2)c2ccccc2-c2c(B(O)O)cccc21. The van der Waals surface area contributed by atoms with Gasteiger partial charge in [-0.25, -0.2) is 0 Å². The molecule has 1 atom stereocenters. The molecule has 2 aliphatic rings. The van der Waals surface area contributed by atoms with Crippen molar-refractivity contribution in [1.29, 1.82) is 0 Å². The molecule has 0 amide bonds. The molecule has 1 spiro atoms. The van der Waals surface area contributed by atoms with Gasteiger partial charge in [-0.1, -0.05) is 72.8 Å².